The molecular formula is C17H28N+. The number of quaternary nitrogens is 1. The third-order valence-corrected chi connectivity index (χ3v) is 4.23. The average Bonchev–Trinajstić information content (AvgIpc) is 2.65. The lowest BCUT2D eigenvalue weighted by Gasteiger charge is -2.13. The first kappa shape index (κ1) is 13.6. The largest absolute Gasteiger partial charge is 0.340 e. The van der Waals surface area contributed by atoms with E-state index >= 15 is 0 Å². The van der Waals surface area contributed by atoms with E-state index in [2.05, 4.69) is 43.4 Å². The zero-order valence-corrected chi connectivity index (χ0v) is 12.0. The van der Waals surface area contributed by atoms with Gasteiger partial charge in [-0.2, -0.15) is 0 Å². The molecule has 1 aliphatic rings. The van der Waals surface area contributed by atoms with Crippen LogP contribution in [0.5, 0.6) is 0 Å². The molecule has 1 aromatic rings. The zero-order chi connectivity index (χ0) is 12.8. The van der Waals surface area contributed by atoms with Crippen LogP contribution in [0.3, 0.4) is 0 Å². The van der Waals surface area contributed by atoms with Crippen LogP contribution in [0.2, 0.25) is 0 Å². The quantitative estimate of drug-likeness (QED) is 0.782. The second-order valence-electron chi connectivity index (χ2n) is 6.09. The van der Waals surface area contributed by atoms with E-state index in [1.807, 2.05) is 0 Å². The van der Waals surface area contributed by atoms with Gasteiger partial charge in [0.25, 0.3) is 0 Å². The molecule has 1 saturated carbocycles. The van der Waals surface area contributed by atoms with Crippen LogP contribution in [-0.4, -0.2) is 6.04 Å². The van der Waals surface area contributed by atoms with Crippen molar-refractivity contribution in [3.05, 3.63) is 35.4 Å². The van der Waals surface area contributed by atoms with E-state index < -0.39 is 0 Å². The highest BCUT2D eigenvalue weighted by atomic mass is 14.9. The third kappa shape index (κ3) is 4.13. The van der Waals surface area contributed by atoms with Crippen molar-refractivity contribution >= 4 is 0 Å². The van der Waals surface area contributed by atoms with Crippen molar-refractivity contribution in [2.24, 2.45) is 0 Å². The van der Waals surface area contributed by atoms with Crippen molar-refractivity contribution in [3.8, 4) is 0 Å². The summed E-state index contributed by atoms with van der Waals surface area (Å²) in [5, 5.41) is 2.57. The average molecular weight is 246 g/mol. The van der Waals surface area contributed by atoms with Gasteiger partial charge in [-0.3, -0.25) is 0 Å². The monoisotopic (exact) mass is 246 g/mol. The van der Waals surface area contributed by atoms with Gasteiger partial charge >= 0.3 is 0 Å². The smallest absolute Gasteiger partial charge is 0.101 e. The zero-order valence-electron chi connectivity index (χ0n) is 12.0. The van der Waals surface area contributed by atoms with Crippen LogP contribution in [0.15, 0.2) is 24.3 Å². The molecule has 0 amide bonds. The highest BCUT2D eigenvalue weighted by Crippen LogP contribution is 2.16. The minimum atomic E-state index is 0.643. The maximum Gasteiger partial charge on any atom is 0.101 e. The highest BCUT2D eigenvalue weighted by molar-refractivity contribution is 5.23. The Morgan fingerprint density at radius 1 is 1.00 bits per heavy atom. The van der Waals surface area contributed by atoms with Gasteiger partial charge in [0.05, 0.1) is 6.04 Å². The molecule has 0 aromatic heterocycles. The summed E-state index contributed by atoms with van der Waals surface area (Å²) in [6.45, 7) is 5.67. The lowest BCUT2D eigenvalue weighted by Crippen LogP contribution is -2.88. The Morgan fingerprint density at radius 3 is 2.17 bits per heavy atom. The van der Waals surface area contributed by atoms with E-state index in [-0.39, 0.29) is 0 Å². The number of nitrogens with two attached hydrogens (primary N) is 1. The Hall–Kier alpha value is -0.820. The molecule has 1 aromatic carbocycles. The molecule has 2 rings (SSSR count). The summed E-state index contributed by atoms with van der Waals surface area (Å²) in [5.74, 6) is 0.643. The van der Waals surface area contributed by atoms with Crippen LogP contribution in [0.1, 0.15) is 69.4 Å². The summed E-state index contributed by atoms with van der Waals surface area (Å²) < 4.78 is 0. The van der Waals surface area contributed by atoms with Gasteiger partial charge in [0.15, 0.2) is 0 Å². The molecule has 18 heavy (non-hydrogen) atoms. The molecule has 0 heterocycles. The van der Waals surface area contributed by atoms with Gasteiger partial charge in [-0.15, -0.1) is 0 Å². The Bertz CT molecular complexity index is 331. The fourth-order valence-corrected chi connectivity index (χ4v) is 2.89. The fourth-order valence-electron chi connectivity index (χ4n) is 2.89. The van der Waals surface area contributed by atoms with E-state index in [0.29, 0.717) is 5.92 Å². The van der Waals surface area contributed by atoms with Gasteiger partial charge in [0.1, 0.15) is 6.54 Å². The summed E-state index contributed by atoms with van der Waals surface area (Å²) in [6, 6.07) is 10.1. The van der Waals surface area contributed by atoms with E-state index in [1.165, 1.54) is 49.7 Å². The summed E-state index contributed by atoms with van der Waals surface area (Å²) in [6.07, 6.45) is 8.62. The topological polar surface area (TPSA) is 16.6 Å². The third-order valence-electron chi connectivity index (χ3n) is 4.23. The number of rotatable bonds is 4. The second kappa shape index (κ2) is 6.94. The molecule has 0 unspecified atom stereocenters. The summed E-state index contributed by atoms with van der Waals surface area (Å²) >= 11 is 0. The van der Waals surface area contributed by atoms with Crippen molar-refractivity contribution in [2.45, 2.75) is 70.9 Å². The molecule has 2 N–H and O–H groups in total. The number of benzene rings is 1. The molecule has 1 heteroatoms. The lowest BCUT2D eigenvalue weighted by atomic mass is 10.0. The van der Waals surface area contributed by atoms with Gasteiger partial charge in [0.2, 0.25) is 0 Å². The van der Waals surface area contributed by atoms with Crippen molar-refractivity contribution in [1.82, 2.24) is 0 Å². The normalized spacial score (nSPS) is 17.9. The van der Waals surface area contributed by atoms with Crippen molar-refractivity contribution in [3.63, 3.8) is 0 Å². The van der Waals surface area contributed by atoms with Gasteiger partial charge in [-0.1, -0.05) is 51.0 Å². The van der Waals surface area contributed by atoms with Crippen LogP contribution >= 0.6 is 0 Å². The SMILES string of the molecule is CC(C)c1ccc(C[NH2+]C2CCCCCC2)cc1. The minimum Gasteiger partial charge on any atom is -0.340 e. The Balaban J connectivity index is 1.81. The first-order valence-corrected chi connectivity index (χ1v) is 7.68. The molecule has 100 valence electrons. The first-order valence-electron chi connectivity index (χ1n) is 7.68. The molecule has 1 nitrogen and oxygen atoms in total. The number of hydrogen-bond acceptors (Lipinski definition) is 0. The predicted octanol–water partition coefficient (Wildman–Crippen LogP) is 3.60. The van der Waals surface area contributed by atoms with Gasteiger partial charge in [-0.25, -0.2) is 0 Å². The number of hydrogen-bond donors (Lipinski definition) is 1. The van der Waals surface area contributed by atoms with Gasteiger partial charge < -0.3 is 5.32 Å². The maximum atomic E-state index is 2.57. The van der Waals surface area contributed by atoms with E-state index in [9.17, 15) is 0 Å². The lowest BCUT2D eigenvalue weighted by molar-refractivity contribution is -0.705. The van der Waals surface area contributed by atoms with Gasteiger partial charge in [0, 0.05) is 5.56 Å². The molecular weight excluding hydrogens is 218 g/mol. The van der Waals surface area contributed by atoms with Crippen LogP contribution < -0.4 is 5.32 Å². The Labute approximate surface area is 112 Å². The standard InChI is InChI=1S/C17H27N/c1-14(2)16-11-9-15(10-12-16)13-18-17-7-5-3-4-6-8-17/h9-12,14,17-18H,3-8,13H2,1-2H3/p+1. The van der Waals surface area contributed by atoms with Crippen LogP contribution in [0, 0.1) is 0 Å². The van der Waals surface area contributed by atoms with Crippen molar-refractivity contribution in [2.75, 3.05) is 0 Å². The minimum absolute atomic E-state index is 0.643. The predicted molar refractivity (Wildman–Crippen MR) is 77.7 cm³/mol. The maximum absolute atomic E-state index is 2.57. The van der Waals surface area contributed by atoms with Gasteiger partial charge in [-0.05, 0) is 37.2 Å². The second-order valence-corrected chi connectivity index (χ2v) is 6.09. The fraction of sp³-hybridized carbons (Fsp3) is 0.647. The summed E-state index contributed by atoms with van der Waals surface area (Å²) in [5.41, 5.74) is 2.93. The van der Waals surface area contributed by atoms with Crippen LogP contribution in [0.4, 0.5) is 0 Å². The molecule has 0 saturated heterocycles. The molecule has 0 atom stereocenters. The highest BCUT2D eigenvalue weighted by Gasteiger charge is 2.14. The van der Waals surface area contributed by atoms with E-state index in [4.69, 9.17) is 0 Å². The molecule has 1 fully saturated rings. The van der Waals surface area contributed by atoms with Crippen molar-refractivity contribution < 1.29 is 5.32 Å². The van der Waals surface area contributed by atoms with Crippen LogP contribution in [-0.2, 0) is 6.54 Å². The van der Waals surface area contributed by atoms with E-state index in [1.54, 1.807) is 0 Å². The first-order chi connectivity index (χ1) is 8.75. The molecule has 0 aliphatic heterocycles. The molecule has 0 bridgehead atoms. The molecule has 1 aliphatic carbocycles. The van der Waals surface area contributed by atoms with E-state index in [0.717, 1.165) is 12.6 Å². The molecule has 0 spiro atoms. The van der Waals surface area contributed by atoms with Crippen molar-refractivity contribution in [1.29, 1.82) is 0 Å². The summed E-state index contributed by atoms with van der Waals surface area (Å²) in [7, 11) is 0. The van der Waals surface area contributed by atoms with Crippen LogP contribution in [0.25, 0.3) is 0 Å². The Morgan fingerprint density at radius 2 is 1.61 bits per heavy atom. The Kier molecular flexibility index (Phi) is 5.25. The molecule has 0 radical (unpaired) electrons. The summed E-state index contributed by atoms with van der Waals surface area (Å²) in [4.78, 5) is 0.